The summed E-state index contributed by atoms with van der Waals surface area (Å²) in [6.45, 7) is 6.78. The highest BCUT2D eigenvalue weighted by atomic mass is 32.2. The predicted octanol–water partition coefficient (Wildman–Crippen LogP) is 0.885. The molecule has 0 aliphatic heterocycles. The van der Waals surface area contributed by atoms with E-state index in [9.17, 15) is 8.42 Å². The molecule has 0 atom stereocenters. The van der Waals surface area contributed by atoms with E-state index in [1.165, 1.54) is 6.20 Å². The van der Waals surface area contributed by atoms with E-state index in [4.69, 9.17) is 5.14 Å². The van der Waals surface area contributed by atoms with Crippen LogP contribution in [0.1, 0.15) is 26.1 Å². The van der Waals surface area contributed by atoms with Crippen molar-refractivity contribution in [2.24, 2.45) is 11.1 Å². The van der Waals surface area contributed by atoms with Gasteiger partial charge >= 0.3 is 0 Å². The number of hydrogen-bond acceptors (Lipinski definition) is 3. The Kier molecular flexibility index (Phi) is 3.51. The zero-order chi connectivity index (χ0) is 11.6. The second-order valence-electron chi connectivity index (χ2n) is 4.05. The van der Waals surface area contributed by atoms with E-state index in [1.807, 2.05) is 4.57 Å². The molecule has 0 saturated carbocycles. The molecule has 1 aromatic heterocycles. The van der Waals surface area contributed by atoms with Crippen molar-refractivity contribution in [2.75, 3.05) is 0 Å². The standard InChI is InChI=1S/C9H17N3O2S/c1-7(2)4-5-12-6-9(11-8(12)3)15(10,13)14/h6-7H,4-5H2,1-3H3,(H2,10,13,14). The van der Waals surface area contributed by atoms with Gasteiger partial charge in [0, 0.05) is 12.7 Å². The minimum Gasteiger partial charge on any atom is -0.334 e. The maximum atomic E-state index is 11.0. The van der Waals surface area contributed by atoms with Gasteiger partial charge in [-0.25, -0.2) is 18.5 Å². The summed E-state index contributed by atoms with van der Waals surface area (Å²) in [5.41, 5.74) is 0. The number of aromatic nitrogens is 2. The predicted molar refractivity (Wildman–Crippen MR) is 57.8 cm³/mol. The van der Waals surface area contributed by atoms with Crippen molar-refractivity contribution in [1.29, 1.82) is 0 Å². The third kappa shape index (κ3) is 3.32. The number of hydrogen-bond donors (Lipinski definition) is 1. The number of imidazole rings is 1. The molecular weight excluding hydrogens is 214 g/mol. The first-order valence-electron chi connectivity index (χ1n) is 4.87. The lowest BCUT2D eigenvalue weighted by atomic mass is 10.1. The van der Waals surface area contributed by atoms with Crippen LogP contribution < -0.4 is 5.14 Å². The van der Waals surface area contributed by atoms with Gasteiger partial charge in [0.25, 0.3) is 10.0 Å². The van der Waals surface area contributed by atoms with Crippen molar-refractivity contribution in [1.82, 2.24) is 9.55 Å². The molecule has 0 fully saturated rings. The molecule has 1 aromatic rings. The van der Waals surface area contributed by atoms with Crippen LogP contribution in [0.25, 0.3) is 0 Å². The molecule has 0 aliphatic carbocycles. The summed E-state index contributed by atoms with van der Waals surface area (Å²) in [5, 5.41) is 4.94. The normalized spacial score (nSPS) is 12.3. The Hall–Kier alpha value is -0.880. The van der Waals surface area contributed by atoms with Gasteiger partial charge in [0.05, 0.1) is 0 Å². The van der Waals surface area contributed by atoms with E-state index in [0.29, 0.717) is 11.7 Å². The van der Waals surface area contributed by atoms with E-state index in [-0.39, 0.29) is 5.03 Å². The summed E-state index contributed by atoms with van der Waals surface area (Å²) in [4.78, 5) is 3.91. The number of nitrogens with two attached hydrogens (primary N) is 1. The van der Waals surface area contributed by atoms with E-state index < -0.39 is 10.0 Å². The van der Waals surface area contributed by atoms with Gasteiger partial charge in [-0.1, -0.05) is 13.8 Å². The van der Waals surface area contributed by atoms with Gasteiger partial charge in [0.15, 0.2) is 5.03 Å². The molecule has 1 heterocycles. The SMILES string of the molecule is Cc1nc(S(N)(=O)=O)cn1CCC(C)C. The monoisotopic (exact) mass is 231 g/mol. The molecule has 0 unspecified atom stereocenters. The van der Waals surface area contributed by atoms with Crippen molar-refractivity contribution >= 4 is 10.0 Å². The van der Waals surface area contributed by atoms with Gasteiger partial charge in [-0.3, -0.25) is 0 Å². The van der Waals surface area contributed by atoms with E-state index in [0.717, 1.165) is 13.0 Å². The summed E-state index contributed by atoms with van der Waals surface area (Å²) in [6.07, 6.45) is 2.48. The Morgan fingerprint density at radius 1 is 1.53 bits per heavy atom. The van der Waals surface area contributed by atoms with Crippen LogP contribution in [0.5, 0.6) is 0 Å². The molecule has 0 amide bonds. The highest BCUT2D eigenvalue weighted by Crippen LogP contribution is 2.10. The number of rotatable bonds is 4. The van der Waals surface area contributed by atoms with Gasteiger partial charge in [-0.2, -0.15) is 0 Å². The van der Waals surface area contributed by atoms with Crippen LogP contribution in [0, 0.1) is 12.8 Å². The molecular formula is C9H17N3O2S. The van der Waals surface area contributed by atoms with Crippen molar-refractivity contribution < 1.29 is 8.42 Å². The average molecular weight is 231 g/mol. The molecule has 6 heteroatoms. The van der Waals surface area contributed by atoms with Gasteiger partial charge in [-0.15, -0.1) is 0 Å². The van der Waals surface area contributed by atoms with Crippen molar-refractivity contribution in [2.45, 2.75) is 38.8 Å². The highest BCUT2D eigenvalue weighted by molar-refractivity contribution is 7.89. The van der Waals surface area contributed by atoms with E-state index >= 15 is 0 Å². The Morgan fingerprint density at radius 3 is 2.53 bits per heavy atom. The zero-order valence-electron chi connectivity index (χ0n) is 9.27. The van der Waals surface area contributed by atoms with Crippen LogP contribution in [0.2, 0.25) is 0 Å². The highest BCUT2D eigenvalue weighted by Gasteiger charge is 2.13. The van der Waals surface area contributed by atoms with Gasteiger partial charge in [0.1, 0.15) is 5.82 Å². The topological polar surface area (TPSA) is 78.0 Å². The van der Waals surface area contributed by atoms with Crippen LogP contribution in [0.15, 0.2) is 11.2 Å². The van der Waals surface area contributed by atoms with Crippen LogP contribution >= 0.6 is 0 Å². The fraction of sp³-hybridized carbons (Fsp3) is 0.667. The molecule has 15 heavy (non-hydrogen) atoms. The molecule has 1 rings (SSSR count). The summed E-state index contributed by atoms with van der Waals surface area (Å²) in [5.74, 6) is 1.25. The fourth-order valence-corrected chi connectivity index (χ4v) is 1.77. The molecule has 0 bridgehead atoms. The third-order valence-corrected chi connectivity index (χ3v) is 2.97. The zero-order valence-corrected chi connectivity index (χ0v) is 10.1. The second-order valence-corrected chi connectivity index (χ2v) is 5.56. The molecule has 2 N–H and O–H groups in total. The summed E-state index contributed by atoms with van der Waals surface area (Å²) >= 11 is 0. The third-order valence-electron chi connectivity index (χ3n) is 2.19. The van der Waals surface area contributed by atoms with Crippen molar-refractivity contribution in [3.8, 4) is 0 Å². The number of primary sulfonamides is 1. The summed E-state index contributed by atoms with van der Waals surface area (Å²) < 4.78 is 23.9. The Labute approximate surface area is 90.4 Å². The maximum Gasteiger partial charge on any atom is 0.257 e. The average Bonchev–Trinajstić information content (AvgIpc) is 2.42. The number of sulfonamides is 1. The molecule has 0 aliphatic rings. The molecule has 86 valence electrons. The van der Waals surface area contributed by atoms with Crippen LogP contribution in [-0.4, -0.2) is 18.0 Å². The van der Waals surface area contributed by atoms with Crippen molar-refractivity contribution in [3.63, 3.8) is 0 Å². The molecule has 0 saturated heterocycles. The lowest BCUT2D eigenvalue weighted by Crippen LogP contribution is -2.12. The van der Waals surface area contributed by atoms with Gasteiger partial charge < -0.3 is 4.57 Å². The van der Waals surface area contributed by atoms with Crippen LogP contribution in [-0.2, 0) is 16.6 Å². The molecule has 0 aromatic carbocycles. The first-order chi connectivity index (χ1) is 6.80. The molecule has 0 radical (unpaired) electrons. The molecule has 0 spiro atoms. The van der Waals surface area contributed by atoms with Crippen LogP contribution in [0.4, 0.5) is 0 Å². The quantitative estimate of drug-likeness (QED) is 0.835. The largest absolute Gasteiger partial charge is 0.334 e. The lowest BCUT2D eigenvalue weighted by Gasteiger charge is -2.06. The lowest BCUT2D eigenvalue weighted by molar-refractivity contribution is 0.509. The maximum absolute atomic E-state index is 11.0. The Morgan fingerprint density at radius 2 is 2.13 bits per heavy atom. The Bertz CT molecular complexity index is 434. The number of nitrogens with zero attached hydrogens (tertiary/aromatic N) is 2. The van der Waals surface area contributed by atoms with Crippen LogP contribution in [0.3, 0.4) is 0 Å². The second kappa shape index (κ2) is 4.32. The smallest absolute Gasteiger partial charge is 0.257 e. The summed E-state index contributed by atoms with van der Waals surface area (Å²) in [7, 11) is -3.67. The summed E-state index contributed by atoms with van der Waals surface area (Å²) in [6, 6.07) is 0. The van der Waals surface area contributed by atoms with E-state index in [1.54, 1.807) is 6.92 Å². The van der Waals surface area contributed by atoms with Gasteiger partial charge in [-0.05, 0) is 19.3 Å². The first kappa shape index (κ1) is 12.2. The van der Waals surface area contributed by atoms with Gasteiger partial charge in [0.2, 0.25) is 0 Å². The minimum absolute atomic E-state index is 0.0521. The fourth-order valence-electron chi connectivity index (χ4n) is 1.24. The van der Waals surface area contributed by atoms with Crippen molar-refractivity contribution in [3.05, 3.63) is 12.0 Å². The number of aryl methyl sites for hydroxylation is 2. The molecule has 5 nitrogen and oxygen atoms in total. The minimum atomic E-state index is -3.67. The van der Waals surface area contributed by atoms with E-state index in [2.05, 4.69) is 18.8 Å². The first-order valence-corrected chi connectivity index (χ1v) is 6.42. The Balaban J connectivity index is 2.88.